The van der Waals surface area contributed by atoms with E-state index in [1.807, 2.05) is 18.9 Å². The fraction of sp³-hybridized carbons (Fsp3) is 0.571. The molecule has 0 bridgehead atoms. The average Bonchev–Trinajstić information content (AvgIpc) is 2.32. The highest BCUT2D eigenvalue weighted by Crippen LogP contribution is 2.22. The van der Waals surface area contributed by atoms with E-state index < -0.39 is 10.0 Å². The molecule has 1 rings (SSSR count). The van der Waals surface area contributed by atoms with Crippen LogP contribution >= 0.6 is 0 Å². The first kappa shape index (κ1) is 17.6. The third-order valence-corrected chi connectivity index (χ3v) is 4.69. The van der Waals surface area contributed by atoms with Crippen LogP contribution in [0.1, 0.15) is 13.3 Å². The molecule has 0 radical (unpaired) electrons. The molecule has 1 aliphatic rings. The summed E-state index contributed by atoms with van der Waals surface area (Å²) in [6.45, 7) is 7.35. The number of nitrogens with one attached hydrogen (secondary N) is 1. The van der Waals surface area contributed by atoms with Gasteiger partial charge in [0.05, 0.1) is 12.0 Å². The molecule has 1 saturated heterocycles. The molecule has 0 atom stereocenters. The van der Waals surface area contributed by atoms with Gasteiger partial charge in [0.2, 0.25) is 10.0 Å². The van der Waals surface area contributed by atoms with Crippen LogP contribution in [0.5, 0.6) is 0 Å². The van der Waals surface area contributed by atoms with Gasteiger partial charge >= 0.3 is 0 Å². The van der Waals surface area contributed by atoms with Gasteiger partial charge in [-0.25, -0.2) is 17.7 Å². The van der Waals surface area contributed by atoms with E-state index in [9.17, 15) is 8.42 Å². The van der Waals surface area contributed by atoms with Gasteiger partial charge in [-0.15, -0.1) is 0 Å². The van der Waals surface area contributed by atoms with E-state index in [2.05, 4.69) is 11.7 Å². The fourth-order valence-corrected chi connectivity index (χ4v) is 3.07. The molecule has 0 aliphatic carbocycles. The molecule has 1 N–H and O–H groups in total. The van der Waals surface area contributed by atoms with Crippen LogP contribution in [0.3, 0.4) is 0 Å². The van der Waals surface area contributed by atoms with Gasteiger partial charge in [0.1, 0.15) is 5.82 Å². The summed E-state index contributed by atoms with van der Waals surface area (Å²) in [5, 5.41) is 7.72. The quantitative estimate of drug-likeness (QED) is 0.687. The zero-order valence-electron chi connectivity index (χ0n) is 12.9. The van der Waals surface area contributed by atoms with Crippen molar-refractivity contribution in [3.63, 3.8) is 0 Å². The molecule has 6 nitrogen and oxygen atoms in total. The molecule has 0 aromatic carbocycles. The Kier molecular flexibility index (Phi) is 6.29. The number of allylic oxidation sites excluding steroid dienone is 3. The van der Waals surface area contributed by atoms with Gasteiger partial charge in [-0.1, -0.05) is 6.08 Å². The first-order chi connectivity index (χ1) is 9.77. The molecule has 0 unspecified atom stereocenters. The van der Waals surface area contributed by atoms with Gasteiger partial charge in [-0.2, -0.15) is 0 Å². The van der Waals surface area contributed by atoms with E-state index in [1.165, 1.54) is 10.6 Å². The first-order valence-electron chi connectivity index (χ1n) is 6.83. The Balaban J connectivity index is 2.45. The molecule has 7 heteroatoms. The Morgan fingerprint density at radius 2 is 2.14 bits per heavy atom. The molecule has 0 aromatic rings. The van der Waals surface area contributed by atoms with Gasteiger partial charge in [-0.05, 0) is 32.1 Å². The third-order valence-electron chi connectivity index (χ3n) is 3.45. The lowest BCUT2D eigenvalue weighted by Gasteiger charge is -2.38. The van der Waals surface area contributed by atoms with Crippen molar-refractivity contribution in [2.45, 2.75) is 13.3 Å². The Bertz CT molecular complexity index is 545. The van der Waals surface area contributed by atoms with Crippen molar-refractivity contribution in [3.8, 4) is 0 Å². The van der Waals surface area contributed by atoms with Crippen molar-refractivity contribution in [2.24, 2.45) is 10.9 Å². The van der Waals surface area contributed by atoms with Crippen LogP contribution in [0.2, 0.25) is 0 Å². The van der Waals surface area contributed by atoms with E-state index in [-0.39, 0.29) is 0 Å². The summed E-state index contributed by atoms with van der Waals surface area (Å²) >= 11 is 0. The molecular formula is C14H24N4O2S. The van der Waals surface area contributed by atoms with Crippen LogP contribution in [0.4, 0.5) is 0 Å². The second-order valence-electron chi connectivity index (χ2n) is 5.27. The third kappa shape index (κ3) is 5.43. The lowest BCUT2D eigenvalue weighted by atomic mass is 9.99. The van der Waals surface area contributed by atoms with Crippen LogP contribution < -0.4 is 0 Å². The average molecular weight is 312 g/mol. The molecule has 0 saturated carbocycles. The highest BCUT2D eigenvalue weighted by atomic mass is 32.2. The number of sulfonamides is 1. The molecule has 21 heavy (non-hydrogen) atoms. The monoisotopic (exact) mass is 312 g/mol. The molecule has 0 aromatic heterocycles. The summed E-state index contributed by atoms with van der Waals surface area (Å²) in [5.41, 5.74) is 0.374. The summed E-state index contributed by atoms with van der Waals surface area (Å²) in [4.78, 5) is 5.88. The minimum absolute atomic E-state index is 0.374. The SMILES string of the molecule is C=N/C(=C\C(=N)/C=C\C)N(C)CCC1CN(S(C)(=O)=O)C1. The summed E-state index contributed by atoms with van der Waals surface area (Å²) in [6.07, 6.45) is 7.29. The van der Waals surface area contributed by atoms with Crippen LogP contribution in [-0.2, 0) is 10.0 Å². The largest absolute Gasteiger partial charge is 0.360 e. The summed E-state index contributed by atoms with van der Waals surface area (Å²) in [6, 6.07) is 0. The number of hydrogen-bond donors (Lipinski definition) is 1. The summed E-state index contributed by atoms with van der Waals surface area (Å²) < 4.78 is 24.1. The predicted octanol–water partition coefficient (Wildman–Crippen LogP) is 1.34. The highest BCUT2D eigenvalue weighted by Gasteiger charge is 2.32. The fourth-order valence-electron chi connectivity index (χ4n) is 2.11. The van der Waals surface area contributed by atoms with Gasteiger partial charge in [0.25, 0.3) is 0 Å². The van der Waals surface area contributed by atoms with Crippen molar-refractivity contribution in [3.05, 3.63) is 24.0 Å². The van der Waals surface area contributed by atoms with Crippen molar-refractivity contribution in [2.75, 3.05) is 32.9 Å². The Morgan fingerprint density at radius 1 is 1.52 bits per heavy atom. The second-order valence-corrected chi connectivity index (χ2v) is 7.25. The molecule has 0 amide bonds. The van der Waals surface area contributed by atoms with Crippen molar-refractivity contribution >= 4 is 22.5 Å². The molecule has 118 valence electrons. The second kappa shape index (κ2) is 7.51. The maximum atomic E-state index is 11.3. The number of aliphatic imine (C=N–C) groups is 1. The number of nitrogens with zero attached hydrogens (tertiary/aromatic N) is 3. The number of rotatable bonds is 8. The molecular weight excluding hydrogens is 288 g/mol. The molecule has 1 fully saturated rings. The lowest BCUT2D eigenvalue weighted by molar-refractivity contribution is 0.178. The smallest absolute Gasteiger partial charge is 0.211 e. The van der Waals surface area contributed by atoms with Gasteiger partial charge in [0.15, 0.2) is 0 Å². The van der Waals surface area contributed by atoms with Crippen LogP contribution in [-0.4, -0.2) is 63.0 Å². The minimum atomic E-state index is -3.04. The van der Waals surface area contributed by atoms with Gasteiger partial charge in [-0.3, -0.25) is 0 Å². The zero-order chi connectivity index (χ0) is 16.0. The molecule has 0 spiro atoms. The van der Waals surface area contributed by atoms with Gasteiger partial charge in [0, 0.05) is 32.8 Å². The zero-order valence-corrected chi connectivity index (χ0v) is 13.7. The van der Waals surface area contributed by atoms with E-state index in [4.69, 9.17) is 5.41 Å². The Morgan fingerprint density at radius 3 is 2.62 bits per heavy atom. The van der Waals surface area contributed by atoms with Crippen LogP contribution in [0.15, 0.2) is 29.0 Å². The first-order valence-corrected chi connectivity index (χ1v) is 8.68. The van der Waals surface area contributed by atoms with Crippen molar-refractivity contribution < 1.29 is 8.42 Å². The van der Waals surface area contributed by atoms with E-state index in [0.717, 1.165) is 13.0 Å². The van der Waals surface area contributed by atoms with E-state index in [1.54, 1.807) is 18.2 Å². The lowest BCUT2D eigenvalue weighted by Crippen LogP contribution is -2.50. The number of hydrogen-bond acceptors (Lipinski definition) is 5. The summed E-state index contributed by atoms with van der Waals surface area (Å²) in [5.74, 6) is 1.04. The predicted molar refractivity (Wildman–Crippen MR) is 87.3 cm³/mol. The van der Waals surface area contributed by atoms with E-state index in [0.29, 0.717) is 30.5 Å². The van der Waals surface area contributed by atoms with Crippen molar-refractivity contribution in [1.29, 1.82) is 5.41 Å². The normalized spacial score (nSPS) is 17.8. The van der Waals surface area contributed by atoms with E-state index >= 15 is 0 Å². The van der Waals surface area contributed by atoms with Gasteiger partial charge < -0.3 is 10.3 Å². The maximum absolute atomic E-state index is 11.3. The maximum Gasteiger partial charge on any atom is 0.211 e. The molecule has 1 heterocycles. The highest BCUT2D eigenvalue weighted by molar-refractivity contribution is 7.88. The topological polar surface area (TPSA) is 76.8 Å². The molecule has 1 aliphatic heterocycles. The van der Waals surface area contributed by atoms with Crippen molar-refractivity contribution in [1.82, 2.24) is 9.21 Å². The standard InChI is InChI=1S/C14H24N4O2S/c1-5-6-13(15)9-14(16-2)17(3)8-7-12-10-18(11-12)21(4,19)20/h5-6,9,12,15H,2,7-8,10-11H2,1,3-4H3/b6-5-,14-9+,15-13?. The van der Waals surface area contributed by atoms with Crippen LogP contribution in [0, 0.1) is 11.3 Å². The minimum Gasteiger partial charge on any atom is -0.360 e. The van der Waals surface area contributed by atoms with Crippen LogP contribution in [0.25, 0.3) is 0 Å². The Hall–Kier alpha value is -1.47. The Labute approximate surface area is 127 Å². The summed E-state index contributed by atoms with van der Waals surface area (Å²) in [7, 11) is -1.14.